The first-order valence-electron chi connectivity index (χ1n) is 10.4. The minimum atomic E-state index is -0.768. The minimum Gasteiger partial charge on any atom is -0.462 e. The highest BCUT2D eigenvalue weighted by Crippen LogP contribution is 2.30. The highest BCUT2D eigenvalue weighted by molar-refractivity contribution is 7.15. The van der Waals surface area contributed by atoms with Crippen molar-refractivity contribution < 1.29 is 13.9 Å². The summed E-state index contributed by atoms with van der Waals surface area (Å²) in [5.74, 6) is -0.128. The van der Waals surface area contributed by atoms with Gasteiger partial charge in [0.15, 0.2) is 16.5 Å². The number of anilines is 2. The van der Waals surface area contributed by atoms with E-state index < -0.39 is 17.2 Å². The van der Waals surface area contributed by atoms with Crippen molar-refractivity contribution in [3.63, 3.8) is 0 Å². The Labute approximate surface area is 198 Å². The fourth-order valence-corrected chi connectivity index (χ4v) is 4.36. The zero-order valence-electron chi connectivity index (χ0n) is 18.6. The van der Waals surface area contributed by atoms with Crippen LogP contribution in [0, 0.1) is 6.92 Å². The summed E-state index contributed by atoms with van der Waals surface area (Å²) in [5.41, 5.74) is 5.71. The van der Waals surface area contributed by atoms with E-state index in [-0.39, 0.29) is 36.9 Å². The van der Waals surface area contributed by atoms with E-state index in [1.165, 1.54) is 34.2 Å². The predicted octanol–water partition coefficient (Wildman–Crippen LogP) is 2.49. The topological polar surface area (TPSA) is 136 Å². The molecule has 0 radical (unpaired) electrons. The van der Waals surface area contributed by atoms with Crippen LogP contribution in [0.25, 0.3) is 10.8 Å². The number of H-pyrrole nitrogens is 1. The lowest BCUT2D eigenvalue weighted by atomic mass is 10.2. The van der Waals surface area contributed by atoms with Crippen molar-refractivity contribution in [2.24, 2.45) is 0 Å². The van der Waals surface area contributed by atoms with Crippen molar-refractivity contribution in [2.75, 3.05) is 30.9 Å². The number of methoxy groups -OCH3 is 1. The van der Waals surface area contributed by atoms with Gasteiger partial charge in [-0.1, -0.05) is 30.3 Å². The Bertz CT molecular complexity index is 1410. The van der Waals surface area contributed by atoms with Crippen molar-refractivity contribution in [1.82, 2.24) is 14.5 Å². The molecule has 3 N–H and O–H groups in total. The largest absolute Gasteiger partial charge is 0.462 e. The Morgan fingerprint density at radius 1 is 1.24 bits per heavy atom. The van der Waals surface area contributed by atoms with Gasteiger partial charge in [-0.15, -0.1) is 11.3 Å². The van der Waals surface area contributed by atoms with Crippen molar-refractivity contribution in [1.29, 1.82) is 0 Å². The van der Waals surface area contributed by atoms with Gasteiger partial charge in [-0.05, 0) is 24.6 Å². The maximum Gasteiger partial charge on any atom is 0.330 e. The molecule has 176 valence electrons. The maximum absolute atomic E-state index is 13.6. The van der Waals surface area contributed by atoms with Gasteiger partial charge < -0.3 is 14.9 Å². The van der Waals surface area contributed by atoms with Crippen LogP contribution < -0.4 is 21.9 Å². The molecule has 11 heteroatoms. The van der Waals surface area contributed by atoms with Crippen LogP contribution in [0.4, 0.5) is 11.5 Å². The van der Waals surface area contributed by atoms with Crippen LogP contribution in [0.5, 0.6) is 0 Å². The first-order chi connectivity index (χ1) is 16.4. The first-order valence-corrected chi connectivity index (χ1v) is 11.2. The Kier molecular flexibility index (Phi) is 6.75. The molecular formula is C23H23N5O5S. The number of nitrogens with one attached hydrogen (secondary N) is 1. The lowest BCUT2D eigenvalue weighted by Gasteiger charge is -2.24. The second-order valence-electron chi connectivity index (χ2n) is 7.42. The normalized spacial score (nSPS) is 11.0. The fraction of sp³-hybridized carbons (Fsp3) is 0.217. The number of nitrogen functional groups attached to an aromatic ring is 1. The molecule has 4 aromatic rings. The maximum atomic E-state index is 13.6. The average Bonchev–Trinajstić information content (AvgIpc) is 3.49. The van der Waals surface area contributed by atoms with Gasteiger partial charge in [-0.2, -0.15) is 0 Å². The van der Waals surface area contributed by atoms with Crippen LogP contribution in [-0.4, -0.2) is 40.7 Å². The van der Waals surface area contributed by atoms with E-state index in [0.29, 0.717) is 15.6 Å². The second kappa shape index (κ2) is 9.89. The van der Waals surface area contributed by atoms with Gasteiger partial charge in [-0.25, -0.2) is 9.78 Å². The van der Waals surface area contributed by atoms with Crippen LogP contribution in [0.2, 0.25) is 0 Å². The number of hydrogen-bond donors (Lipinski definition) is 2. The lowest BCUT2D eigenvalue weighted by molar-refractivity contribution is 0.0971. The van der Waals surface area contributed by atoms with E-state index in [9.17, 15) is 14.4 Å². The fourth-order valence-electron chi connectivity index (χ4n) is 3.49. The molecule has 10 nitrogen and oxygen atoms in total. The van der Waals surface area contributed by atoms with Crippen LogP contribution in [-0.2, 0) is 11.3 Å². The predicted molar refractivity (Wildman–Crippen MR) is 129 cm³/mol. The van der Waals surface area contributed by atoms with Crippen LogP contribution in [0.1, 0.15) is 20.9 Å². The monoisotopic (exact) mass is 481 g/mol. The quantitative estimate of drug-likeness (QED) is 0.394. The number of ether oxygens (including phenoxy) is 1. The molecule has 1 aromatic carbocycles. The first kappa shape index (κ1) is 23.2. The molecule has 0 spiro atoms. The molecule has 0 atom stereocenters. The summed E-state index contributed by atoms with van der Waals surface area (Å²) < 4.78 is 11.8. The van der Waals surface area contributed by atoms with Crippen molar-refractivity contribution in [3.05, 3.63) is 85.7 Å². The number of carbonyl (C=O) groups excluding carboxylic acids is 1. The second-order valence-corrected chi connectivity index (χ2v) is 8.62. The zero-order valence-corrected chi connectivity index (χ0v) is 19.4. The number of rotatable bonds is 8. The number of nitrogens with zero attached hydrogens (tertiary/aromatic N) is 3. The van der Waals surface area contributed by atoms with Gasteiger partial charge in [0, 0.05) is 18.5 Å². The summed E-state index contributed by atoms with van der Waals surface area (Å²) in [6, 6.07) is 12.7. The average molecular weight is 482 g/mol. The van der Waals surface area contributed by atoms with Gasteiger partial charge >= 0.3 is 5.69 Å². The van der Waals surface area contributed by atoms with Gasteiger partial charge in [0.1, 0.15) is 11.5 Å². The van der Waals surface area contributed by atoms with Crippen molar-refractivity contribution in [2.45, 2.75) is 13.5 Å². The Hall–Kier alpha value is -3.96. The van der Waals surface area contributed by atoms with E-state index in [1.807, 2.05) is 30.3 Å². The summed E-state index contributed by atoms with van der Waals surface area (Å²) >= 11 is 1.30. The third-order valence-corrected chi connectivity index (χ3v) is 6.15. The number of aromatic nitrogens is 3. The molecule has 0 saturated carbocycles. The smallest absolute Gasteiger partial charge is 0.330 e. The van der Waals surface area contributed by atoms with E-state index in [0.717, 1.165) is 5.56 Å². The zero-order chi connectivity index (χ0) is 24.2. The van der Waals surface area contributed by atoms with E-state index in [4.69, 9.17) is 14.9 Å². The molecule has 0 bridgehead atoms. The lowest BCUT2D eigenvalue weighted by Crippen LogP contribution is -2.43. The number of aromatic amines is 1. The molecule has 0 aliphatic carbocycles. The summed E-state index contributed by atoms with van der Waals surface area (Å²) in [7, 11) is 1.48. The number of aryl methyl sites for hydroxylation is 1. The number of furan rings is 1. The molecular weight excluding hydrogens is 458 g/mol. The minimum absolute atomic E-state index is 0.0270. The van der Waals surface area contributed by atoms with E-state index in [1.54, 1.807) is 19.1 Å². The SMILES string of the molecule is COCCN(C(=O)c1nc(-c2ccco2)sc1C)c1c(N)n(Cc2ccccc2)c(=O)[nH]c1=O. The number of hydrogen-bond acceptors (Lipinski definition) is 8. The molecule has 0 aliphatic heterocycles. The van der Waals surface area contributed by atoms with Crippen molar-refractivity contribution >= 4 is 28.7 Å². The number of carbonyl (C=O) groups is 1. The number of benzene rings is 1. The summed E-state index contributed by atoms with van der Waals surface area (Å²) in [4.78, 5) is 47.6. The van der Waals surface area contributed by atoms with Gasteiger partial charge in [0.25, 0.3) is 11.5 Å². The number of nitrogens with two attached hydrogens (primary N) is 1. The molecule has 3 heterocycles. The van der Waals surface area contributed by atoms with Crippen molar-refractivity contribution in [3.8, 4) is 10.8 Å². The summed E-state index contributed by atoms with van der Waals surface area (Å²) in [5, 5.41) is 0.536. The molecule has 34 heavy (non-hydrogen) atoms. The third-order valence-electron chi connectivity index (χ3n) is 5.16. The molecule has 0 fully saturated rings. The third kappa shape index (κ3) is 4.56. The van der Waals surface area contributed by atoms with Gasteiger partial charge in [0.05, 0.1) is 19.4 Å². The number of amides is 1. The van der Waals surface area contributed by atoms with Crippen LogP contribution in [0.3, 0.4) is 0 Å². The molecule has 0 saturated heterocycles. The molecule has 0 aliphatic rings. The van der Waals surface area contributed by atoms with E-state index in [2.05, 4.69) is 9.97 Å². The summed E-state index contributed by atoms with van der Waals surface area (Å²) in [6.07, 6.45) is 1.52. The number of thiazole rings is 1. The van der Waals surface area contributed by atoms with E-state index >= 15 is 0 Å². The Morgan fingerprint density at radius 3 is 2.68 bits per heavy atom. The highest BCUT2D eigenvalue weighted by Gasteiger charge is 2.28. The van der Waals surface area contributed by atoms with Gasteiger partial charge in [-0.3, -0.25) is 24.0 Å². The highest BCUT2D eigenvalue weighted by atomic mass is 32.1. The molecule has 3 aromatic heterocycles. The molecule has 4 rings (SSSR count). The van der Waals surface area contributed by atoms with Gasteiger partial charge in [0.2, 0.25) is 0 Å². The van der Waals surface area contributed by atoms with Crippen LogP contribution >= 0.6 is 11.3 Å². The Balaban J connectivity index is 1.79. The standard InChI is InChI=1S/C23H23N5O5S/c1-14-17(25-21(34-14)16-9-6-11-33-16)22(30)27(10-12-32-2)18-19(24)28(23(31)26-20(18)29)13-15-7-4-3-5-8-15/h3-9,11H,10,12-13,24H2,1-2H3,(H,26,29,31). The molecule has 1 amide bonds. The summed E-state index contributed by atoms with van der Waals surface area (Å²) in [6.45, 7) is 2.05. The molecule has 0 unspecified atom stereocenters. The van der Waals surface area contributed by atoms with Crippen LogP contribution in [0.15, 0.2) is 62.7 Å². The Morgan fingerprint density at radius 2 is 2.00 bits per heavy atom.